The lowest BCUT2D eigenvalue weighted by Crippen LogP contribution is -2.01. The van der Waals surface area contributed by atoms with Gasteiger partial charge in [-0.1, -0.05) is 0 Å². The number of Topliss-reactive ketones (excluding diaryl/α,β-unsaturated/α-hetero) is 1. The van der Waals surface area contributed by atoms with Crippen LogP contribution < -0.4 is 10.6 Å². The first-order valence-electron chi connectivity index (χ1n) is 7.76. The smallest absolute Gasteiger partial charge is 0.159 e. The second-order valence-corrected chi connectivity index (χ2v) is 5.58. The molecule has 0 bridgehead atoms. The number of nitrogens with zero attached hydrogens (tertiary/aromatic N) is 2. The van der Waals surface area contributed by atoms with E-state index in [2.05, 4.69) is 20.6 Å². The third kappa shape index (κ3) is 4.38. The lowest BCUT2D eigenvalue weighted by molar-refractivity contribution is 0.101. The minimum atomic E-state index is -0.291. The number of hydrogen-bond acceptors (Lipinski definition) is 5. The molecule has 0 saturated carbocycles. The van der Waals surface area contributed by atoms with E-state index in [1.807, 2.05) is 12.1 Å². The Balaban J connectivity index is 1.79. The Morgan fingerprint density at radius 2 is 1.36 bits per heavy atom. The molecular formula is C19H17FN4O. The summed E-state index contributed by atoms with van der Waals surface area (Å²) in [6.45, 7) is 3.32. The maximum absolute atomic E-state index is 13.0. The molecule has 3 aromatic rings. The van der Waals surface area contributed by atoms with Gasteiger partial charge >= 0.3 is 0 Å². The molecule has 25 heavy (non-hydrogen) atoms. The Morgan fingerprint density at radius 1 is 0.880 bits per heavy atom. The molecule has 126 valence electrons. The molecule has 2 N–H and O–H groups in total. The molecule has 0 atom stereocenters. The fourth-order valence-corrected chi connectivity index (χ4v) is 2.31. The van der Waals surface area contributed by atoms with E-state index in [0.717, 1.165) is 11.4 Å². The van der Waals surface area contributed by atoms with Gasteiger partial charge in [-0.2, -0.15) is 0 Å². The molecule has 0 aliphatic carbocycles. The van der Waals surface area contributed by atoms with Crippen LogP contribution in [-0.2, 0) is 0 Å². The molecule has 0 aliphatic heterocycles. The largest absolute Gasteiger partial charge is 0.340 e. The maximum atomic E-state index is 13.0. The molecule has 0 spiro atoms. The van der Waals surface area contributed by atoms with Gasteiger partial charge in [0.15, 0.2) is 5.78 Å². The minimum Gasteiger partial charge on any atom is -0.340 e. The Bertz CT molecular complexity index is 892. The predicted octanol–water partition coefficient (Wildman–Crippen LogP) is 4.61. The van der Waals surface area contributed by atoms with Gasteiger partial charge < -0.3 is 10.6 Å². The molecule has 0 fully saturated rings. The summed E-state index contributed by atoms with van der Waals surface area (Å²) in [5, 5.41) is 6.30. The van der Waals surface area contributed by atoms with Crippen LogP contribution in [0, 0.1) is 12.7 Å². The lowest BCUT2D eigenvalue weighted by Gasteiger charge is -2.10. The molecule has 0 unspecified atom stereocenters. The summed E-state index contributed by atoms with van der Waals surface area (Å²) in [4.78, 5) is 20.0. The number of ketones is 1. The van der Waals surface area contributed by atoms with Crippen LogP contribution in [0.1, 0.15) is 23.1 Å². The highest BCUT2D eigenvalue weighted by molar-refractivity contribution is 5.94. The average molecular weight is 336 g/mol. The van der Waals surface area contributed by atoms with E-state index < -0.39 is 0 Å². The molecule has 2 aromatic carbocycles. The fourth-order valence-electron chi connectivity index (χ4n) is 2.31. The standard InChI is InChI=1S/C19H17FN4O/c1-12(25)14-3-7-16(8-4-14)23-18-11-19(22-13(2)21-18)24-17-9-5-15(20)6-10-17/h3-11H,1-2H3,(H2,21,22,23,24). The van der Waals surface area contributed by atoms with Crippen LogP contribution in [0.4, 0.5) is 27.4 Å². The van der Waals surface area contributed by atoms with Gasteiger partial charge in [0.2, 0.25) is 0 Å². The molecular weight excluding hydrogens is 319 g/mol. The van der Waals surface area contributed by atoms with E-state index in [1.165, 1.54) is 19.1 Å². The van der Waals surface area contributed by atoms with Gasteiger partial charge in [0.1, 0.15) is 23.3 Å². The van der Waals surface area contributed by atoms with E-state index in [-0.39, 0.29) is 11.6 Å². The Kier molecular flexibility index (Phi) is 4.70. The van der Waals surface area contributed by atoms with E-state index in [0.29, 0.717) is 23.0 Å². The van der Waals surface area contributed by atoms with E-state index in [9.17, 15) is 9.18 Å². The van der Waals surface area contributed by atoms with Crippen LogP contribution in [0.15, 0.2) is 54.6 Å². The molecule has 0 saturated heterocycles. The van der Waals surface area contributed by atoms with Crippen LogP contribution in [0.25, 0.3) is 0 Å². The number of hydrogen-bond donors (Lipinski definition) is 2. The summed E-state index contributed by atoms with van der Waals surface area (Å²) >= 11 is 0. The van der Waals surface area contributed by atoms with Crippen LogP contribution in [0.3, 0.4) is 0 Å². The number of halogens is 1. The fraction of sp³-hybridized carbons (Fsp3) is 0.105. The zero-order valence-electron chi connectivity index (χ0n) is 13.9. The van der Waals surface area contributed by atoms with Crippen molar-refractivity contribution in [1.29, 1.82) is 0 Å². The Hall–Kier alpha value is -3.28. The summed E-state index contributed by atoms with van der Waals surface area (Å²) in [5.74, 6) is 1.54. The Labute approximate surface area is 145 Å². The van der Waals surface area contributed by atoms with Crippen molar-refractivity contribution >= 4 is 28.8 Å². The van der Waals surface area contributed by atoms with E-state index in [4.69, 9.17) is 0 Å². The van der Waals surface area contributed by atoms with Crippen LogP contribution >= 0.6 is 0 Å². The summed E-state index contributed by atoms with van der Waals surface area (Å²) < 4.78 is 13.0. The molecule has 1 aromatic heterocycles. The van der Waals surface area contributed by atoms with Gasteiger partial charge in [-0.05, 0) is 62.4 Å². The highest BCUT2D eigenvalue weighted by atomic mass is 19.1. The Morgan fingerprint density at radius 3 is 1.84 bits per heavy atom. The molecule has 0 amide bonds. The third-order valence-electron chi connectivity index (χ3n) is 3.52. The maximum Gasteiger partial charge on any atom is 0.159 e. The number of aromatic nitrogens is 2. The van der Waals surface area contributed by atoms with Crippen molar-refractivity contribution < 1.29 is 9.18 Å². The quantitative estimate of drug-likeness (QED) is 0.666. The molecule has 3 rings (SSSR count). The van der Waals surface area contributed by atoms with Gasteiger partial charge in [-0.3, -0.25) is 4.79 Å². The van der Waals surface area contributed by atoms with Gasteiger partial charge in [0, 0.05) is 23.0 Å². The number of anilines is 4. The van der Waals surface area contributed by atoms with Gasteiger partial charge in [0.05, 0.1) is 0 Å². The summed E-state index contributed by atoms with van der Waals surface area (Å²) in [7, 11) is 0. The first kappa shape index (κ1) is 16.6. The number of nitrogens with one attached hydrogen (secondary N) is 2. The number of carbonyl (C=O) groups excluding carboxylic acids is 1. The SMILES string of the molecule is CC(=O)c1ccc(Nc2cc(Nc3ccc(F)cc3)nc(C)n2)cc1. The molecule has 1 heterocycles. The van der Waals surface area contributed by atoms with Crippen LogP contribution in [0.2, 0.25) is 0 Å². The number of rotatable bonds is 5. The van der Waals surface area contributed by atoms with E-state index in [1.54, 1.807) is 37.3 Å². The highest BCUT2D eigenvalue weighted by Gasteiger charge is 2.05. The van der Waals surface area contributed by atoms with Crippen LogP contribution in [0.5, 0.6) is 0 Å². The second kappa shape index (κ2) is 7.09. The van der Waals surface area contributed by atoms with Crippen molar-refractivity contribution in [3.8, 4) is 0 Å². The summed E-state index contributed by atoms with van der Waals surface area (Å²) in [6.07, 6.45) is 0. The first-order valence-corrected chi connectivity index (χ1v) is 7.76. The van der Waals surface area contributed by atoms with E-state index >= 15 is 0 Å². The summed E-state index contributed by atoms with van der Waals surface area (Å²) in [5.41, 5.74) is 2.20. The zero-order valence-corrected chi connectivity index (χ0v) is 13.9. The van der Waals surface area contributed by atoms with Crippen molar-refractivity contribution in [2.75, 3.05) is 10.6 Å². The van der Waals surface area contributed by atoms with Crippen molar-refractivity contribution in [2.24, 2.45) is 0 Å². The first-order chi connectivity index (χ1) is 12.0. The zero-order chi connectivity index (χ0) is 17.8. The molecule has 6 heteroatoms. The number of carbonyl (C=O) groups is 1. The topological polar surface area (TPSA) is 66.9 Å². The minimum absolute atomic E-state index is 0.0233. The second-order valence-electron chi connectivity index (χ2n) is 5.58. The van der Waals surface area contributed by atoms with Crippen molar-refractivity contribution in [3.05, 3.63) is 71.8 Å². The number of benzene rings is 2. The van der Waals surface area contributed by atoms with Crippen molar-refractivity contribution in [3.63, 3.8) is 0 Å². The van der Waals surface area contributed by atoms with Gasteiger partial charge in [0.25, 0.3) is 0 Å². The normalized spacial score (nSPS) is 10.4. The monoisotopic (exact) mass is 336 g/mol. The number of aryl methyl sites for hydroxylation is 1. The molecule has 0 radical (unpaired) electrons. The van der Waals surface area contributed by atoms with Gasteiger partial charge in [-0.25, -0.2) is 14.4 Å². The highest BCUT2D eigenvalue weighted by Crippen LogP contribution is 2.21. The van der Waals surface area contributed by atoms with Gasteiger partial charge in [-0.15, -0.1) is 0 Å². The lowest BCUT2D eigenvalue weighted by atomic mass is 10.1. The van der Waals surface area contributed by atoms with Crippen molar-refractivity contribution in [2.45, 2.75) is 13.8 Å². The average Bonchev–Trinajstić information content (AvgIpc) is 2.57. The predicted molar refractivity (Wildman–Crippen MR) is 96.2 cm³/mol. The van der Waals surface area contributed by atoms with Crippen molar-refractivity contribution in [1.82, 2.24) is 9.97 Å². The molecule has 0 aliphatic rings. The molecule has 5 nitrogen and oxygen atoms in total. The van der Waals surface area contributed by atoms with Crippen LogP contribution in [-0.4, -0.2) is 15.8 Å². The third-order valence-corrected chi connectivity index (χ3v) is 3.52. The summed E-state index contributed by atoms with van der Waals surface area (Å²) in [6, 6.07) is 15.0.